The van der Waals surface area contributed by atoms with E-state index >= 15 is 0 Å². The molecule has 0 saturated carbocycles. The van der Waals surface area contributed by atoms with Crippen molar-refractivity contribution in [2.75, 3.05) is 5.32 Å². The fourth-order valence-electron chi connectivity index (χ4n) is 2.38. The maximum atomic E-state index is 11.4. The lowest BCUT2D eigenvalue weighted by atomic mass is 10.1. The van der Waals surface area contributed by atoms with Gasteiger partial charge in [-0.05, 0) is 24.0 Å². The Labute approximate surface area is 109 Å². The normalized spacial score (nSPS) is 17.5. The van der Waals surface area contributed by atoms with Gasteiger partial charge >= 0.3 is 0 Å². The minimum absolute atomic E-state index is 0.161. The second kappa shape index (κ2) is 4.46. The zero-order valence-corrected chi connectivity index (χ0v) is 10.4. The Kier molecular flexibility index (Phi) is 2.80. The van der Waals surface area contributed by atoms with E-state index < -0.39 is 0 Å². The van der Waals surface area contributed by atoms with Crippen molar-refractivity contribution in [3.63, 3.8) is 0 Å². The Hall–Kier alpha value is -1.81. The summed E-state index contributed by atoms with van der Waals surface area (Å²) in [6.07, 6.45) is 3.59. The summed E-state index contributed by atoms with van der Waals surface area (Å²) in [4.78, 5) is 11.4. The van der Waals surface area contributed by atoms with Gasteiger partial charge in [0.05, 0.1) is 17.9 Å². The molecule has 2 aromatic rings. The molecule has 1 aromatic carbocycles. The fraction of sp³-hybridized carbons (Fsp3) is 0.231. The highest BCUT2D eigenvalue weighted by molar-refractivity contribution is 6.32. The van der Waals surface area contributed by atoms with E-state index in [0.717, 1.165) is 12.8 Å². The first-order chi connectivity index (χ1) is 8.75. The third-order valence-electron chi connectivity index (χ3n) is 3.26. The molecule has 1 aromatic heterocycles. The molecule has 0 bridgehead atoms. The predicted molar refractivity (Wildman–Crippen MR) is 71.0 cm³/mol. The van der Waals surface area contributed by atoms with Crippen LogP contribution < -0.4 is 10.9 Å². The predicted octanol–water partition coefficient (Wildman–Crippen LogP) is 2.52. The molecule has 3 rings (SSSR count). The lowest BCUT2D eigenvalue weighted by Crippen LogP contribution is -2.14. The van der Waals surface area contributed by atoms with E-state index in [0.29, 0.717) is 5.69 Å². The maximum absolute atomic E-state index is 11.4. The minimum Gasteiger partial charge on any atom is -0.376 e. The molecule has 0 aliphatic heterocycles. The molecule has 5 heteroatoms. The van der Waals surface area contributed by atoms with Crippen molar-refractivity contribution in [1.82, 2.24) is 10.2 Å². The summed E-state index contributed by atoms with van der Waals surface area (Å²) in [6.45, 7) is 0. The van der Waals surface area contributed by atoms with E-state index in [1.165, 1.54) is 11.1 Å². The van der Waals surface area contributed by atoms with Crippen molar-refractivity contribution < 1.29 is 0 Å². The second-order valence-corrected chi connectivity index (χ2v) is 4.74. The molecule has 92 valence electrons. The van der Waals surface area contributed by atoms with Gasteiger partial charge in [0.1, 0.15) is 5.02 Å². The highest BCUT2D eigenvalue weighted by Crippen LogP contribution is 2.34. The quantitative estimate of drug-likeness (QED) is 0.873. The van der Waals surface area contributed by atoms with Crippen LogP contribution in [0.3, 0.4) is 0 Å². The molecule has 2 N–H and O–H groups in total. The van der Waals surface area contributed by atoms with Gasteiger partial charge in [0.25, 0.3) is 5.56 Å². The van der Waals surface area contributed by atoms with Crippen molar-refractivity contribution in [3.8, 4) is 0 Å². The van der Waals surface area contributed by atoms with E-state index in [-0.39, 0.29) is 16.6 Å². The van der Waals surface area contributed by atoms with Crippen LogP contribution in [0.4, 0.5) is 5.69 Å². The van der Waals surface area contributed by atoms with Crippen LogP contribution in [0.25, 0.3) is 0 Å². The van der Waals surface area contributed by atoms with E-state index in [2.05, 4.69) is 27.6 Å². The number of H-pyrrole nitrogens is 1. The lowest BCUT2D eigenvalue weighted by molar-refractivity contribution is 0.759. The number of fused-ring (bicyclic) bond motifs is 1. The van der Waals surface area contributed by atoms with Gasteiger partial charge in [-0.25, -0.2) is 5.10 Å². The summed E-state index contributed by atoms with van der Waals surface area (Å²) in [5.74, 6) is 0. The number of nitrogens with zero attached hydrogens (tertiary/aromatic N) is 1. The van der Waals surface area contributed by atoms with Crippen molar-refractivity contribution in [1.29, 1.82) is 0 Å². The van der Waals surface area contributed by atoms with E-state index in [1.807, 2.05) is 12.1 Å². The van der Waals surface area contributed by atoms with E-state index in [1.54, 1.807) is 6.20 Å². The van der Waals surface area contributed by atoms with Gasteiger partial charge in [-0.2, -0.15) is 5.10 Å². The number of nitrogens with one attached hydrogen (secondary N) is 2. The number of hydrogen-bond donors (Lipinski definition) is 2. The summed E-state index contributed by atoms with van der Waals surface area (Å²) in [6, 6.07) is 8.50. The smallest absolute Gasteiger partial charge is 0.285 e. The molecule has 0 fully saturated rings. The van der Waals surface area contributed by atoms with Gasteiger partial charge in [-0.3, -0.25) is 4.79 Å². The number of hydrogen-bond acceptors (Lipinski definition) is 3. The van der Waals surface area contributed by atoms with E-state index in [4.69, 9.17) is 11.6 Å². The summed E-state index contributed by atoms with van der Waals surface area (Å²) in [5, 5.41) is 9.52. The molecule has 1 heterocycles. The van der Waals surface area contributed by atoms with Crippen LogP contribution in [0.5, 0.6) is 0 Å². The average Bonchev–Trinajstić information content (AvgIpc) is 2.79. The molecule has 4 nitrogen and oxygen atoms in total. The van der Waals surface area contributed by atoms with Crippen LogP contribution >= 0.6 is 11.6 Å². The number of aryl methyl sites for hydroxylation is 1. The number of anilines is 1. The zero-order chi connectivity index (χ0) is 12.5. The molecule has 1 aliphatic carbocycles. The van der Waals surface area contributed by atoms with Gasteiger partial charge in [-0.15, -0.1) is 0 Å². The van der Waals surface area contributed by atoms with Crippen LogP contribution in [-0.2, 0) is 6.42 Å². The highest BCUT2D eigenvalue weighted by Gasteiger charge is 2.22. The second-order valence-electron chi connectivity index (χ2n) is 4.36. The molecule has 0 radical (unpaired) electrons. The molecular formula is C13H12ClN3O. The van der Waals surface area contributed by atoms with Gasteiger partial charge in [-0.1, -0.05) is 35.9 Å². The fourth-order valence-corrected chi connectivity index (χ4v) is 2.52. The standard InChI is InChI=1S/C13H12ClN3O/c14-12-11(7-15-17-13(12)18)16-10-6-5-8-3-1-2-4-9(8)10/h1-4,7,10H,5-6H2,(H2,16,17,18). The molecule has 0 saturated heterocycles. The molecule has 18 heavy (non-hydrogen) atoms. The Morgan fingerprint density at radius 3 is 3.11 bits per heavy atom. The summed E-state index contributed by atoms with van der Waals surface area (Å²) < 4.78 is 0. The first-order valence-electron chi connectivity index (χ1n) is 5.83. The number of benzene rings is 1. The first kappa shape index (κ1) is 11.3. The Balaban J connectivity index is 1.91. The lowest BCUT2D eigenvalue weighted by Gasteiger charge is -2.15. The molecular weight excluding hydrogens is 250 g/mol. The maximum Gasteiger partial charge on any atom is 0.285 e. The van der Waals surface area contributed by atoms with Gasteiger partial charge in [0.15, 0.2) is 0 Å². The molecule has 1 atom stereocenters. The van der Waals surface area contributed by atoms with Gasteiger partial charge in [0.2, 0.25) is 0 Å². The Bertz CT molecular complexity index is 638. The first-order valence-corrected chi connectivity index (χ1v) is 6.21. The molecule has 1 aliphatic rings. The summed E-state index contributed by atoms with van der Waals surface area (Å²) in [7, 11) is 0. The Morgan fingerprint density at radius 2 is 2.22 bits per heavy atom. The van der Waals surface area contributed by atoms with Crippen molar-refractivity contribution in [2.45, 2.75) is 18.9 Å². The largest absolute Gasteiger partial charge is 0.376 e. The number of aromatic amines is 1. The van der Waals surface area contributed by atoms with Crippen LogP contribution in [0, 0.1) is 0 Å². The minimum atomic E-state index is -0.368. The molecule has 0 spiro atoms. The van der Waals surface area contributed by atoms with Crippen molar-refractivity contribution in [3.05, 3.63) is 57.0 Å². The monoisotopic (exact) mass is 261 g/mol. The van der Waals surface area contributed by atoms with Gasteiger partial charge in [0, 0.05) is 0 Å². The third-order valence-corrected chi connectivity index (χ3v) is 3.63. The summed E-state index contributed by atoms with van der Waals surface area (Å²) >= 11 is 5.95. The topological polar surface area (TPSA) is 57.8 Å². The molecule has 1 unspecified atom stereocenters. The van der Waals surface area contributed by atoms with Crippen LogP contribution in [0.1, 0.15) is 23.6 Å². The average molecular weight is 262 g/mol. The van der Waals surface area contributed by atoms with Crippen molar-refractivity contribution >= 4 is 17.3 Å². The zero-order valence-electron chi connectivity index (χ0n) is 9.61. The van der Waals surface area contributed by atoms with Crippen LogP contribution in [-0.4, -0.2) is 10.2 Å². The number of halogens is 1. The van der Waals surface area contributed by atoms with Crippen molar-refractivity contribution in [2.24, 2.45) is 0 Å². The van der Waals surface area contributed by atoms with Crippen LogP contribution in [0.2, 0.25) is 5.02 Å². The third kappa shape index (κ3) is 1.88. The Morgan fingerprint density at radius 1 is 1.39 bits per heavy atom. The van der Waals surface area contributed by atoms with Crippen LogP contribution in [0.15, 0.2) is 35.3 Å². The SMILES string of the molecule is O=c1[nH]ncc(NC2CCc3ccccc32)c1Cl. The number of aromatic nitrogens is 2. The molecule has 0 amide bonds. The van der Waals surface area contributed by atoms with Gasteiger partial charge < -0.3 is 5.32 Å². The summed E-state index contributed by atoms with van der Waals surface area (Å²) in [5.41, 5.74) is 2.84. The van der Waals surface area contributed by atoms with E-state index in [9.17, 15) is 4.79 Å². The highest BCUT2D eigenvalue weighted by atomic mass is 35.5. The number of rotatable bonds is 2.